The number of nitrogens with two attached hydrogens (primary N) is 1. The zero-order valence-corrected chi connectivity index (χ0v) is 8.22. The lowest BCUT2D eigenvalue weighted by Gasteiger charge is -2.23. The molecule has 7 nitrogen and oxygen atoms in total. The van der Waals surface area contributed by atoms with Gasteiger partial charge in [-0.1, -0.05) is 0 Å². The standard InChI is InChI=1S/C6H9N5O2S/c1-11-3(9-10-5(7)14)2-4(12)8-6(11)13/h2H2,1H3,(H3,7,10,14)(H,8,12,13). The van der Waals surface area contributed by atoms with Gasteiger partial charge in [0.2, 0.25) is 5.91 Å². The van der Waals surface area contributed by atoms with Crippen LogP contribution in [0.5, 0.6) is 0 Å². The number of amidine groups is 1. The maximum absolute atomic E-state index is 11.1. The van der Waals surface area contributed by atoms with Crippen LogP contribution < -0.4 is 16.5 Å². The lowest BCUT2D eigenvalue weighted by molar-refractivity contribution is -0.119. The van der Waals surface area contributed by atoms with Crippen LogP contribution >= 0.6 is 12.2 Å². The molecule has 4 N–H and O–H groups in total. The second-order valence-corrected chi connectivity index (χ2v) is 3.03. The summed E-state index contributed by atoms with van der Waals surface area (Å²) < 4.78 is 0. The van der Waals surface area contributed by atoms with Crippen LogP contribution in [0.15, 0.2) is 5.10 Å². The van der Waals surface area contributed by atoms with Gasteiger partial charge in [-0.15, -0.1) is 0 Å². The second-order valence-electron chi connectivity index (χ2n) is 2.59. The van der Waals surface area contributed by atoms with Crippen molar-refractivity contribution in [3.63, 3.8) is 0 Å². The Morgan fingerprint density at radius 3 is 2.93 bits per heavy atom. The van der Waals surface area contributed by atoms with Crippen LogP contribution in [0.25, 0.3) is 0 Å². The minimum atomic E-state index is -0.523. The number of nitrogens with zero attached hydrogens (tertiary/aromatic N) is 2. The molecule has 0 aromatic rings. The number of rotatable bonds is 1. The molecule has 1 rings (SSSR count). The lowest BCUT2D eigenvalue weighted by atomic mass is 10.3. The summed E-state index contributed by atoms with van der Waals surface area (Å²) in [5, 5.41) is 5.81. The highest BCUT2D eigenvalue weighted by Gasteiger charge is 2.25. The molecule has 14 heavy (non-hydrogen) atoms. The van der Waals surface area contributed by atoms with E-state index < -0.39 is 11.9 Å². The second kappa shape index (κ2) is 4.01. The third-order valence-electron chi connectivity index (χ3n) is 1.55. The molecular weight excluding hydrogens is 206 g/mol. The predicted molar refractivity (Wildman–Crippen MR) is 53.3 cm³/mol. The van der Waals surface area contributed by atoms with Gasteiger partial charge in [0, 0.05) is 7.05 Å². The molecular formula is C6H9N5O2S. The van der Waals surface area contributed by atoms with E-state index in [9.17, 15) is 9.59 Å². The van der Waals surface area contributed by atoms with Gasteiger partial charge >= 0.3 is 6.03 Å². The smallest absolute Gasteiger partial charge is 0.329 e. The fourth-order valence-corrected chi connectivity index (χ4v) is 0.907. The Kier molecular flexibility index (Phi) is 2.97. The zero-order valence-electron chi connectivity index (χ0n) is 7.40. The molecule has 1 fully saturated rings. The van der Waals surface area contributed by atoms with E-state index in [1.54, 1.807) is 0 Å². The number of nitrogens with one attached hydrogen (secondary N) is 2. The third-order valence-corrected chi connectivity index (χ3v) is 1.64. The number of thiocarbonyl (C=S) groups is 1. The van der Waals surface area contributed by atoms with Gasteiger partial charge in [0.25, 0.3) is 0 Å². The van der Waals surface area contributed by atoms with Crippen molar-refractivity contribution in [2.75, 3.05) is 7.05 Å². The topological polar surface area (TPSA) is 99.8 Å². The summed E-state index contributed by atoms with van der Waals surface area (Å²) in [7, 11) is 1.49. The van der Waals surface area contributed by atoms with E-state index in [1.165, 1.54) is 11.9 Å². The first kappa shape index (κ1) is 10.4. The van der Waals surface area contributed by atoms with Crippen LogP contribution in [0, 0.1) is 0 Å². The van der Waals surface area contributed by atoms with Gasteiger partial charge in [-0.05, 0) is 12.2 Å². The number of amides is 3. The largest absolute Gasteiger partial charge is 0.375 e. The zero-order chi connectivity index (χ0) is 10.7. The highest BCUT2D eigenvalue weighted by atomic mass is 32.1. The summed E-state index contributed by atoms with van der Waals surface area (Å²) in [5.41, 5.74) is 7.44. The number of hydrazone groups is 1. The van der Waals surface area contributed by atoms with Crippen LogP contribution in [0.1, 0.15) is 6.42 Å². The van der Waals surface area contributed by atoms with E-state index >= 15 is 0 Å². The number of carbonyl (C=O) groups is 2. The van der Waals surface area contributed by atoms with Crippen LogP contribution in [0.3, 0.4) is 0 Å². The van der Waals surface area contributed by atoms with Crippen molar-refractivity contribution in [2.45, 2.75) is 6.42 Å². The highest BCUT2D eigenvalue weighted by Crippen LogP contribution is 2.00. The normalized spacial score (nSPS) is 19.5. The summed E-state index contributed by atoms with van der Waals surface area (Å²) in [6.07, 6.45) is 0.0118. The van der Waals surface area contributed by atoms with Crippen molar-refractivity contribution in [2.24, 2.45) is 10.8 Å². The molecule has 0 atom stereocenters. The molecule has 0 aromatic heterocycles. The molecule has 3 amide bonds. The number of hydrogen-bond acceptors (Lipinski definition) is 4. The molecule has 8 heteroatoms. The number of urea groups is 1. The quantitative estimate of drug-likeness (QED) is 0.373. The molecule has 0 aliphatic carbocycles. The van der Waals surface area contributed by atoms with Crippen LogP contribution in [-0.4, -0.2) is 34.8 Å². The van der Waals surface area contributed by atoms with Crippen LogP contribution in [-0.2, 0) is 4.79 Å². The minimum absolute atomic E-state index is 0.0118. The molecule has 0 saturated carbocycles. The van der Waals surface area contributed by atoms with Crippen LogP contribution in [0.2, 0.25) is 0 Å². The molecule has 0 radical (unpaired) electrons. The predicted octanol–water partition coefficient (Wildman–Crippen LogP) is -1.30. The molecule has 0 spiro atoms. The highest BCUT2D eigenvalue weighted by molar-refractivity contribution is 7.80. The Hall–Kier alpha value is -1.70. The van der Waals surface area contributed by atoms with E-state index in [0.29, 0.717) is 0 Å². The van der Waals surface area contributed by atoms with Gasteiger partial charge in [0.1, 0.15) is 5.84 Å². The third kappa shape index (κ3) is 2.39. The Balaban J connectivity index is 2.75. The fraction of sp³-hybridized carbons (Fsp3) is 0.333. The number of hydrogen-bond donors (Lipinski definition) is 3. The molecule has 1 aliphatic heterocycles. The van der Waals surface area contributed by atoms with Crippen molar-refractivity contribution in [1.29, 1.82) is 0 Å². The summed E-state index contributed by atoms with van der Waals surface area (Å²) in [6, 6.07) is -0.523. The number of carbonyl (C=O) groups excluding carboxylic acids is 2. The van der Waals surface area contributed by atoms with Crippen molar-refractivity contribution in [1.82, 2.24) is 15.6 Å². The summed E-state index contributed by atoms with van der Waals surface area (Å²) in [6.45, 7) is 0. The maximum atomic E-state index is 11.1. The summed E-state index contributed by atoms with van der Waals surface area (Å²) in [4.78, 5) is 23.2. The van der Waals surface area contributed by atoms with Crippen molar-refractivity contribution in [3.05, 3.63) is 0 Å². The average Bonchev–Trinajstić information content (AvgIpc) is 2.08. The molecule has 0 bridgehead atoms. The molecule has 0 aromatic carbocycles. The van der Waals surface area contributed by atoms with E-state index in [2.05, 4.69) is 28.1 Å². The van der Waals surface area contributed by atoms with Gasteiger partial charge in [-0.3, -0.25) is 20.4 Å². The number of imide groups is 1. The molecule has 1 aliphatic rings. The molecule has 1 saturated heterocycles. The van der Waals surface area contributed by atoms with Gasteiger partial charge in [0.15, 0.2) is 5.11 Å². The van der Waals surface area contributed by atoms with Crippen LogP contribution in [0.4, 0.5) is 4.79 Å². The SMILES string of the molecule is CN1C(=O)NC(=O)CC1=NNC(N)=S. The first-order valence-corrected chi connectivity index (χ1v) is 4.11. The Morgan fingerprint density at radius 1 is 1.71 bits per heavy atom. The van der Waals surface area contributed by atoms with Gasteiger partial charge in [0.05, 0.1) is 6.42 Å². The molecule has 0 unspecified atom stereocenters. The molecule has 1 heterocycles. The summed E-state index contributed by atoms with van der Waals surface area (Å²) in [5.74, 6) is -0.136. The van der Waals surface area contributed by atoms with Gasteiger partial charge in [-0.25, -0.2) is 4.79 Å². The first-order chi connectivity index (χ1) is 6.50. The Morgan fingerprint density at radius 2 is 2.36 bits per heavy atom. The minimum Gasteiger partial charge on any atom is -0.375 e. The lowest BCUT2D eigenvalue weighted by Crippen LogP contribution is -2.51. The van der Waals surface area contributed by atoms with E-state index in [0.717, 1.165) is 0 Å². The Labute approximate surface area is 85.3 Å². The fourth-order valence-electron chi connectivity index (χ4n) is 0.861. The maximum Gasteiger partial charge on any atom is 0.329 e. The van der Waals surface area contributed by atoms with Crippen molar-refractivity contribution < 1.29 is 9.59 Å². The van der Waals surface area contributed by atoms with Gasteiger partial charge < -0.3 is 5.73 Å². The van der Waals surface area contributed by atoms with Gasteiger partial charge in [-0.2, -0.15) is 5.10 Å². The van der Waals surface area contributed by atoms with E-state index in [4.69, 9.17) is 5.73 Å². The van der Waals surface area contributed by atoms with Crippen molar-refractivity contribution >= 4 is 35.1 Å². The van der Waals surface area contributed by atoms with E-state index in [1.807, 2.05) is 0 Å². The average molecular weight is 215 g/mol. The van der Waals surface area contributed by atoms with E-state index in [-0.39, 0.29) is 17.4 Å². The monoisotopic (exact) mass is 215 g/mol. The first-order valence-electron chi connectivity index (χ1n) is 3.70. The summed E-state index contributed by atoms with van der Waals surface area (Å²) >= 11 is 4.52. The Bertz CT molecular complexity index is 326. The molecule has 76 valence electrons. The van der Waals surface area contributed by atoms with Crippen molar-refractivity contribution in [3.8, 4) is 0 Å².